The first-order chi connectivity index (χ1) is 17.4. The molecule has 0 aliphatic carbocycles. The number of halogens is 1. The van der Waals surface area contributed by atoms with Gasteiger partial charge in [0, 0.05) is 18.7 Å². The van der Waals surface area contributed by atoms with Gasteiger partial charge in [0.2, 0.25) is 11.8 Å². The molecule has 37 heavy (non-hydrogen) atoms. The van der Waals surface area contributed by atoms with E-state index in [1.165, 1.54) is 23.6 Å². The predicted molar refractivity (Wildman–Crippen MR) is 152 cm³/mol. The van der Waals surface area contributed by atoms with Crippen LogP contribution >= 0.6 is 16.5 Å². The highest BCUT2D eigenvalue weighted by molar-refractivity contribution is 8.17. The molecule has 3 aromatic rings. The summed E-state index contributed by atoms with van der Waals surface area (Å²) in [5.41, 5.74) is 7.41. The van der Waals surface area contributed by atoms with E-state index in [4.69, 9.17) is 21.3 Å². The third kappa shape index (κ3) is 7.83. The molecule has 2 aromatic carbocycles. The van der Waals surface area contributed by atoms with Crippen LogP contribution in [0.15, 0.2) is 48.7 Å². The Labute approximate surface area is 220 Å². The topological polar surface area (TPSA) is 141 Å². The molecule has 0 radical (unpaired) electrons. The largest absolute Gasteiger partial charge is 0.419 e. The van der Waals surface area contributed by atoms with E-state index in [-0.39, 0.29) is 24.7 Å². The Hall–Kier alpha value is -2.83. The first-order valence-electron chi connectivity index (χ1n) is 11.7. The van der Waals surface area contributed by atoms with Gasteiger partial charge in [0.05, 0.1) is 23.1 Å². The van der Waals surface area contributed by atoms with E-state index in [9.17, 15) is 9.50 Å². The number of anilines is 1. The summed E-state index contributed by atoms with van der Waals surface area (Å²) in [5, 5.41) is 30.6. The van der Waals surface area contributed by atoms with Crippen LogP contribution in [-0.4, -0.2) is 44.7 Å². The fourth-order valence-electron chi connectivity index (χ4n) is 3.38. The molecule has 2 atom stereocenters. The maximum absolute atomic E-state index is 14.7. The standard InChI is InChI=1S/C26H33FN6O2P2/c1-15(2)37(36)18-8-6-17(7-9-18)21-13-32-23(28)22(33-21)25(30)35-24(29)19-10-5-16(11-20(19)27)12-31-14-26(3,4)34/h5-11,13,15,29-31,34H,12,14,36H2,1-4H3,(H2,28,32). The van der Waals surface area contributed by atoms with Gasteiger partial charge in [-0.15, -0.1) is 8.93 Å². The van der Waals surface area contributed by atoms with Gasteiger partial charge in [-0.2, -0.15) is 0 Å². The fraction of sp³-hybridized carbons (Fsp3) is 0.308. The summed E-state index contributed by atoms with van der Waals surface area (Å²) in [6.45, 7) is 8.41. The van der Waals surface area contributed by atoms with Crippen molar-refractivity contribution in [1.82, 2.24) is 15.3 Å². The quantitative estimate of drug-likeness (QED) is 0.154. The van der Waals surface area contributed by atoms with Gasteiger partial charge in [-0.3, -0.25) is 10.8 Å². The van der Waals surface area contributed by atoms with Crippen molar-refractivity contribution in [2.75, 3.05) is 12.3 Å². The molecule has 0 amide bonds. The molecule has 6 N–H and O–H groups in total. The van der Waals surface area contributed by atoms with Crippen molar-refractivity contribution in [1.29, 1.82) is 10.8 Å². The van der Waals surface area contributed by atoms with Crippen molar-refractivity contribution in [3.63, 3.8) is 0 Å². The maximum Gasteiger partial charge on any atom is 0.243 e. The first kappa shape index (κ1) is 28.7. The van der Waals surface area contributed by atoms with Crippen molar-refractivity contribution < 1.29 is 14.2 Å². The van der Waals surface area contributed by atoms with Gasteiger partial charge < -0.3 is 20.9 Å². The molecule has 3 rings (SSSR count). The van der Waals surface area contributed by atoms with Gasteiger partial charge in [0.1, 0.15) is 5.82 Å². The third-order valence-corrected chi connectivity index (χ3v) is 10.1. The molecule has 8 nitrogen and oxygen atoms in total. The van der Waals surface area contributed by atoms with E-state index in [2.05, 4.69) is 50.2 Å². The van der Waals surface area contributed by atoms with Gasteiger partial charge in [-0.25, -0.2) is 14.4 Å². The molecular weight excluding hydrogens is 509 g/mol. The van der Waals surface area contributed by atoms with E-state index >= 15 is 0 Å². The fourth-order valence-corrected chi connectivity index (χ4v) is 4.98. The Balaban J connectivity index is 1.72. The average molecular weight is 543 g/mol. The monoisotopic (exact) mass is 542 g/mol. The lowest BCUT2D eigenvalue weighted by Gasteiger charge is -2.17. The summed E-state index contributed by atoms with van der Waals surface area (Å²) < 4.78 is 20.0. The predicted octanol–water partition coefficient (Wildman–Crippen LogP) is 4.40. The van der Waals surface area contributed by atoms with Crippen LogP contribution in [0.1, 0.15) is 44.5 Å². The van der Waals surface area contributed by atoms with E-state index in [0.717, 1.165) is 5.56 Å². The minimum absolute atomic E-state index is 0.0276. The molecule has 196 valence electrons. The Morgan fingerprint density at radius 2 is 1.86 bits per heavy atom. The van der Waals surface area contributed by atoms with E-state index in [0.29, 0.717) is 30.0 Å². The van der Waals surface area contributed by atoms with Gasteiger partial charge in [-0.05, 0) is 42.5 Å². The van der Waals surface area contributed by atoms with E-state index < -0.39 is 23.2 Å². The zero-order chi connectivity index (χ0) is 27.3. The zero-order valence-electron chi connectivity index (χ0n) is 21.3. The highest BCUT2D eigenvalue weighted by atomic mass is 32.0. The second kappa shape index (κ2) is 12.1. The number of benzene rings is 2. The molecule has 0 fully saturated rings. The molecule has 11 heteroatoms. The second-order valence-electron chi connectivity index (χ2n) is 9.53. The normalized spacial score (nSPS) is 12.4. The Morgan fingerprint density at radius 1 is 1.19 bits per heavy atom. The van der Waals surface area contributed by atoms with Crippen LogP contribution < -0.4 is 16.4 Å². The van der Waals surface area contributed by atoms with Crippen molar-refractivity contribution >= 4 is 39.5 Å². The molecule has 0 aliphatic rings. The summed E-state index contributed by atoms with van der Waals surface area (Å²) in [6.07, 6.45) is 1.52. The minimum atomic E-state index is -0.882. The number of hydrogen-bond donors (Lipinski definition) is 5. The number of nitrogen functional groups attached to an aromatic ring is 1. The summed E-state index contributed by atoms with van der Waals surface area (Å²) in [5.74, 6) is -1.74. The number of nitrogens with zero attached hydrogens (tertiary/aromatic N) is 2. The molecule has 2 unspecified atom stereocenters. The summed E-state index contributed by atoms with van der Waals surface area (Å²) >= 11 is 0. The smallest absolute Gasteiger partial charge is 0.243 e. The van der Waals surface area contributed by atoms with Crippen LogP contribution in [0.5, 0.6) is 0 Å². The van der Waals surface area contributed by atoms with Gasteiger partial charge >= 0.3 is 0 Å². The van der Waals surface area contributed by atoms with Crippen molar-refractivity contribution in [3.05, 3.63) is 71.3 Å². The third-order valence-electron chi connectivity index (χ3n) is 5.40. The van der Waals surface area contributed by atoms with Gasteiger partial charge in [0.15, 0.2) is 11.5 Å². The number of nitrogens with one attached hydrogen (secondary N) is 3. The number of rotatable bonds is 9. The zero-order valence-corrected chi connectivity index (χ0v) is 23.4. The molecule has 0 saturated carbocycles. The van der Waals surface area contributed by atoms with E-state index in [1.807, 2.05) is 12.1 Å². The number of aromatic nitrogens is 2. The summed E-state index contributed by atoms with van der Waals surface area (Å²) in [6, 6.07) is 12.3. The van der Waals surface area contributed by atoms with Crippen molar-refractivity contribution in [2.24, 2.45) is 0 Å². The molecule has 0 bridgehead atoms. The first-order valence-corrected chi connectivity index (χ1v) is 14.7. The Bertz CT molecular complexity index is 1280. The molecule has 0 saturated heterocycles. The maximum atomic E-state index is 14.7. The average Bonchev–Trinajstić information content (AvgIpc) is 2.83. The number of ether oxygens (including phenoxy) is 1. The minimum Gasteiger partial charge on any atom is -0.419 e. The van der Waals surface area contributed by atoms with Gasteiger partial charge in [-0.1, -0.05) is 51.8 Å². The summed E-state index contributed by atoms with van der Waals surface area (Å²) in [7, 11) is 2.57. The Morgan fingerprint density at radius 3 is 2.46 bits per heavy atom. The van der Waals surface area contributed by atoms with Crippen LogP contribution in [0.4, 0.5) is 10.2 Å². The second-order valence-corrected chi connectivity index (χ2v) is 13.6. The number of nitrogens with two attached hydrogens (primary N) is 1. The van der Waals surface area contributed by atoms with Crippen LogP contribution in [0.2, 0.25) is 0 Å². The lowest BCUT2D eigenvalue weighted by atomic mass is 10.1. The van der Waals surface area contributed by atoms with Crippen LogP contribution in [0.25, 0.3) is 11.3 Å². The van der Waals surface area contributed by atoms with Crippen LogP contribution in [0.3, 0.4) is 0 Å². The number of aliphatic hydroxyl groups is 1. The molecule has 0 spiro atoms. The lowest BCUT2D eigenvalue weighted by Crippen LogP contribution is -2.34. The van der Waals surface area contributed by atoms with Crippen molar-refractivity contribution in [2.45, 2.75) is 45.5 Å². The molecule has 0 aliphatic heterocycles. The lowest BCUT2D eigenvalue weighted by molar-refractivity contribution is 0.0795. The SMILES string of the molecule is CC(C)P(P)c1ccc(-c2cnc(N)c(C(=N)OC(=N)c3ccc(CNCC(C)(C)O)cc3F)n2)cc1. The number of hydrogen-bond acceptors (Lipinski definition) is 8. The summed E-state index contributed by atoms with van der Waals surface area (Å²) in [4.78, 5) is 8.58. The molecule has 1 aromatic heterocycles. The Kier molecular flexibility index (Phi) is 9.43. The molecular formula is C26H33FN6O2P2. The highest BCUT2D eigenvalue weighted by Crippen LogP contribution is 2.47. The van der Waals surface area contributed by atoms with Crippen LogP contribution in [0, 0.1) is 16.6 Å². The van der Waals surface area contributed by atoms with Crippen LogP contribution in [-0.2, 0) is 11.3 Å². The highest BCUT2D eigenvalue weighted by Gasteiger charge is 2.19. The van der Waals surface area contributed by atoms with Gasteiger partial charge in [0.25, 0.3) is 0 Å². The van der Waals surface area contributed by atoms with Crippen molar-refractivity contribution in [3.8, 4) is 11.3 Å². The van der Waals surface area contributed by atoms with E-state index in [1.54, 1.807) is 19.9 Å². The molecule has 1 heterocycles.